The predicted molar refractivity (Wildman–Crippen MR) is 85.5 cm³/mol. The van der Waals surface area contributed by atoms with Gasteiger partial charge in [-0.1, -0.05) is 66.7 Å². The van der Waals surface area contributed by atoms with Crippen molar-refractivity contribution in [2.45, 2.75) is 20.0 Å². The zero-order valence-corrected chi connectivity index (χ0v) is 12.6. The molecule has 0 aliphatic heterocycles. The van der Waals surface area contributed by atoms with E-state index in [4.69, 9.17) is 9.57 Å². The first-order valence-corrected chi connectivity index (χ1v) is 7.14. The lowest BCUT2D eigenvalue weighted by molar-refractivity contribution is 0.127. The summed E-state index contributed by atoms with van der Waals surface area (Å²) in [5.41, 5.74) is 4.23. The standard InChI is InChI=1S/C18H21NO2/c1-3-15-9-11-17(12-10-15)18(14-20-2)19-21-13-16-7-5-4-6-8-16/h4-12H,3,13-14H2,1-2H3. The summed E-state index contributed by atoms with van der Waals surface area (Å²) in [4.78, 5) is 5.45. The van der Waals surface area contributed by atoms with Gasteiger partial charge in [-0.15, -0.1) is 0 Å². The Kier molecular flexibility index (Phi) is 5.98. The minimum absolute atomic E-state index is 0.431. The number of ether oxygens (including phenoxy) is 1. The Morgan fingerprint density at radius 1 is 0.952 bits per heavy atom. The van der Waals surface area contributed by atoms with Crippen LogP contribution in [-0.2, 0) is 22.6 Å². The van der Waals surface area contributed by atoms with Gasteiger partial charge < -0.3 is 9.57 Å². The third kappa shape index (κ3) is 4.72. The zero-order valence-electron chi connectivity index (χ0n) is 12.6. The van der Waals surface area contributed by atoms with Gasteiger partial charge in [-0.3, -0.25) is 0 Å². The van der Waals surface area contributed by atoms with Crippen LogP contribution >= 0.6 is 0 Å². The number of rotatable bonds is 7. The van der Waals surface area contributed by atoms with Gasteiger partial charge in [0.15, 0.2) is 0 Å². The van der Waals surface area contributed by atoms with Gasteiger partial charge in [0.2, 0.25) is 0 Å². The summed E-state index contributed by atoms with van der Waals surface area (Å²) < 4.78 is 5.21. The smallest absolute Gasteiger partial charge is 0.142 e. The highest BCUT2D eigenvalue weighted by Crippen LogP contribution is 2.08. The van der Waals surface area contributed by atoms with Gasteiger partial charge in [-0.2, -0.15) is 0 Å². The molecule has 3 nitrogen and oxygen atoms in total. The Balaban J connectivity index is 2.04. The van der Waals surface area contributed by atoms with E-state index in [1.165, 1.54) is 5.56 Å². The maximum absolute atomic E-state index is 5.45. The first kappa shape index (κ1) is 15.3. The summed E-state index contributed by atoms with van der Waals surface area (Å²) in [6, 6.07) is 18.3. The fourth-order valence-corrected chi connectivity index (χ4v) is 1.99. The van der Waals surface area contributed by atoms with Crippen LogP contribution in [0.25, 0.3) is 0 Å². The van der Waals surface area contributed by atoms with Crippen molar-refractivity contribution in [3.8, 4) is 0 Å². The second kappa shape index (κ2) is 8.22. The number of oxime groups is 1. The molecule has 0 atom stereocenters. The van der Waals surface area contributed by atoms with Gasteiger partial charge in [-0.05, 0) is 17.5 Å². The number of methoxy groups -OCH3 is 1. The van der Waals surface area contributed by atoms with Crippen LogP contribution in [0.15, 0.2) is 59.8 Å². The molecule has 0 heterocycles. The molecule has 21 heavy (non-hydrogen) atoms. The first-order chi connectivity index (χ1) is 10.3. The number of aryl methyl sites for hydroxylation is 1. The fourth-order valence-electron chi connectivity index (χ4n) is 1.99. The molecular formula is C18H21NO2. The first-order valence-electron chi connectivity index (χ1n) is 7.14. The van der Waals surface area contributed by atoms with Crippen LogP contribution < -0.4 is 0 Å². The van der Waals surface area contributed by atoms with E-state index >= 15 is 0 Å². The minimum Gasteiger partial charge on any atom is -0.391 e. The van der Waals surface area contributed by atoms with E-state index in [9.17, 15) is 0 Å². The van der Waals surface area contributed by atoms with Crippen molar-refractivity contribution < 1.29 is 9.57 Å². The molecule has 0 spiro atoms. The van der Waals surface area contributed by atoms with Crippen LogP contribution in [0.1, 0.15) is 23.6 Å². The van der Waals surface area contributed by atoms with Crippen LogP contribution in [-0.4, -0.2) is 19.4 Å². The second-order valence-corrected chi connectivity index (χ2v) is 4.78. The number of hydrogen-bond acceptors (Lipinski definition) is 3. The van der Waals surface area contributed by atoms with Gasteiger partial charge >= 0.3 is 0 Å². The summed E-state index contributed by atoms with van der Waals surface area (Å²) in [5.74, 6) is 0. The van der Waals surface area contributed by atoms with Crippen LogP contribution in [0.4, 0.5) is 0 Å². The Hall–Kier alpha value is -2.13. The molecule has 0 aromatic heterocycles. The highest BCUT2D eigenvalue weighted by atomic mass is 16.6. The molecule has 0 radical (unpaired) electrons. The van der Waals surface area contributed by atoms with Gasteiger partial charge in [-0.25, -0.2) is 0 Å². The molecule has 3 heteroatoms. The molecule has 0 saturated heterocycles. The summed E-state index contributed by atoms with van der Waals surface area (Å²) >= 11 is 0. The van der Waals surface area contributed by atoms with Crippen molar-refractivity contribution in [1.29, 1.82) is 0 Å². The third-order valence-electron chi connectivity index (χ3n) is 3.23. The zero-order chi connectivity index (χ0) is 14.9. The lowest BCUT2D eigenvalue weighted by Crippen LogP contribution is -2.10. The van der Waals surface area contributed by atoms with E-state index in [-0.39, 0.29) is 0 Å². The molecule has 2 aromatic carbocycles. The molecule has 0 aliphatic rings. The topological polar surface area (TPSA) is 30.8 Å². The highest BCUT2D eigenvalue weighted by molar-refractivity contribution is 6.01. The molecule has 0 unspecified atom stereocenters. The van der Waals surface area contributed by atoms with Crippen LogP contribution in [0, 0.1) is 0 Å². The normalized spacial score (nSPS) is 11.4. The van der Waals surface area contributed by atoms with Crippen molar-refractivity contribution in [2.24, 2.45) is 5.16 Å². The highest BCUT2D eigenvalue weighted by Gasteiger charge is 2.04. The summed E-state index contributed by atoms with van der Waals surface area (Å²) in [6.07, 6.45) is 1.03. The van der Waals surface area contributed by atoms with Crippen LogP contribution in [0.3, 0.4) is 0 Å². The third-order valence-corrected chi connectivity index (χ3v) is 3.23. The number of hydrogen-bond donors (Lipinski definition) is 0. The molecule has 0 saturated carbocycles. The van der Waals surface area contributed by atoms with E-state index < -0.39 is 0 Å². The van der Waals surface area contributed by atoms with Crippen LogP contribution in [0.2, 0.25) is 0 Å². The largest absolute Gasteiger partial charge is 0.391 e. The van der Waals surface area contributed by atoms with Crippen molar-refractivity contribution in [2.75, 3.05) is 13.7 Å². The Bertz CT molecular complexity index is 562. The monoisotopic (exact) mass is 283 g/mol. The molecular weight excluding hydrogens is 262 g/mol. The summed E-state index contributed by atoms with van der Waals surface area (Å²) in [6.45, 7) is 3.03. The maximum atomic E-state index is 5.45. The lowest BCUT2D eigenvalue weighted by atomic mass is 10.1. The maximum Gasteiger partial charge on any atom is 0.142 e. The molecule has 0 aliphatic carbocycles. The van der Waals surface area contributed by atoms with Gasteiger partial charge in [0.1, 0.15) is 12.3 Å². The average molecular weight is 283 g/mol. The van der Waals surface area contributed by atoms with Gasteiger partial charge in [0, 0.05) is 12.7 Å². The molecule has 0 bridgehead atoms. The van der Waals surface area contributed by atoms with Crippen molar-refractivity contribution in [1.82, 2.24) is 0 Å². The van der Waals surface area contributed by atoms with Crippen LogP contribution in [0.5, 0.6) is 0 Å². The lowest BCUT2D eigenvalue weighted by Gasteiger charge is -2.07. The van der Waals surface area contributed by atoms with Gasteiger partial charge in [0.05, 0.1) is 6.61 Å². The minimum atomic E-state index is 0.431. The van der Waals surface area contributed by atoms with Crippen molar-refractivity contribution >= 4 is 5.71 Å². The average Bonchev–Trinajstić information content (AvgIpc) is 2.55. The summed E-state index contributed by atoms with van der Waals surface area (Å²) in [7, 11) is 1.66. The molecule has 2 rings (SSSR count). The van der Waals surface area contributed by atoms with E-state index in [2.05, 4.69) is 36.3 Å². The van der Waals surface area contributed by atoms with E-state index in [1.54, 1.807) is 7.11 Å². The van der Waals surface area contributed by atoms with Crippen molar-refractivity contribution in [3.63, 3.8) is 0 Å². The fraction of sp³-hybridized carbons (Fsp3) is 0.278. The Morgan fingerprint density at radius 3 is 2.29 bits per heavy atom. The summed E-state index contributed by atoms with van der Waals surface area (Å²) in [5, 5.41) is 4.23. The predicted octanol–water partition coefficient (Wildman–Crippen LogP) is 3.82. The van der Waals surface area contributed by atoms with E-state index in [1.807, 2.05) is 30.3 Å². The molecule has 2 aromatic rings. The molecule has 0 fully saturated rings. The van der Waals surface area contributed by atoms with Crippen molar-refractivity contribution in [3.05, 3.63) is 71.3 Å². The Morgan fingerprint density at radius 2 is 1.67 bits per heavy atom. The molecule has 0 N–H and O–H groups in total. The second-order valence-electron chi connectivity index (χ2n) is 4.78. The number of benzene rings is 2. The number of nitrogens with zero attached hydrogens (tertiary/aromatic N) is 1. The van der Waals surface area contributed by atoms with E-state index in [0.717, 1.165) is 23.3 Å². The Labute approximate surface area is 126 Å². The SMILES string of the molecule is CCc1ccc(C(COC)=NOCc2ccccc2)cc1. The van der Waals surface area contributed by atoms with E-state index in [0.29, 0.717) is 13.2 Å². The molecule has 0 amide bonds. The molecule has 110 valence electrons. The van der Waals surface area contributed by atoms with Gasteiger partial charge in [0.25, 0.3) is 0 Å². The quantitative estimate of drug-likeness (QED) is 0.571.